The maximum atomic E-state index is 12.2. The van der Waals surface area contributed by atoms with E-state index in [1.807, 2.05) is 6.92 Å². The summed E-state index contributed by atoms with van der Waals surface area (Å²) in [6.07, 6.45) is 0.226. The number of ether oxygens (including phenoxy) is 2. The van der Waals surface area contributed by atoms with Gasteiger partial charge in [-0.3, -0.25) is 9.78 Å². The molecule has 0 bridgehead atoms. The van der Waals surface area contributed by atoms with Crippen molar-refractivity contribution in [1.82, 2.24) is 4.98 Å². The summed E-state index contributed by atoms with van der Waals surface area (Å²) in [4.78, 5) is 26.1. The van der Waals surface area contributed by atoms with E-state index in [-0.39, 0.29) is 17.8 Å². The standard InChI is InChI=1S/C15H19NO6/c1-3-5-6-21-9-7-10(12(17)14(18)20-4-2)13-11(8-9)16-15(19)22-13/h7-8,14,18H,3-6H2,1-2H3,(H,16,19). The molecule has 7 heteroatoms. The number of aliphatic hydroxyl groups excluding tert-OH is 1. The average Bonchev–Trinajstić information content (AvgIpc) is 2.86. The topological polar surface area (TPSA) is 102 Å². The van der Waals surface area contributed by atoms with Gasteiger partial charge in [0.05, 0.1) is 17.7 Å². The van der Waals surface area contributed by atoms with Gasteiger partial charge in [-0.15, -0.1) is 0 Å². The number of hydrogen-bond acceptors (Lipinski definition) is 6. The molecule has 0 spiro atoms. The zero-order chi connectivity index (χ0) is 16.1. The van der Waals surface area contributed by atoms with E-state index in [9.17, 15) is 14.7 Å². The molecule has 1 aromatic heterocycles. The van der Waals surface area contributed by atoms with Crippen molar-refractivity contribution in [1.29, 1.82) is 0 Å². The number of ketones is 1. The van der Waals surface area contributed by atoms with E-state index in [1.54, 1.807) is 13.0 Å². The number of unbranched alkanes of at least 4 members (excludes halogenated alkanes) is 1. The smallest absolute Gasteiger partial charge is 0.417 e. The van der Waals surface area contributed by atoms with Gasteiger partial charge in [0.25, 0.3) is 0 Å². The van der Waals surface area contributed by atoms with E-state index in [4.69, 9.17) is 13.9 Å². The van der Waals surface area contributed by atoms with Crippen LogP contribution in [-0.4, -0.2) is 35.4 Å². The lowest BCUT2D eigenvalue weighted by molar-refractivity contribution is -0.0674. The number of aliphatic hydroxyl groups is 1. The zero-order valence-corrected chi connectivity index (χ0v) is 12.5. The van der Waals surface area contributed by atoms with Crippen molar-refractivity contribution in [2.75, 3.05) is 13.2 Å². The molecule has 0 aliphatic rings. The summed E-state index contributed by atoms with van der Waals surface area (Å²) in [6.45, 7) is 4.37. The number of Topliss-reactive ketones (excluding diaryl/α,β-unsaturated/α-hetero) is 1. The lowest BCUT2D eigenvalue weighted by Crippen LogP contribution is -2.24. The Morgan fingerprint density at radius 3 is 2.86 bits per heavy atom. The number of carbonyl (C=O) groups is 1. The molecule has 2 aromatic rings. The molecule has 0 amide bonds. The van der Waals surface area contributed by atoms with Gasteiger partial charge in [-0.25, -0.2) is 4.79 Å². The molecular weight excluding hydrogens is 290 g/mol. The lowest BCUT2D eigenvalue weighted by Gasteiger charge is -2.11. The summed E-state index contributed by atoms with van der Waals surface area (Å²) in [6, 6.07) is 3.03. The predicted molar refractivity (Wildman–Crippen MR) is 79.2 cm³/mol. The summed E-state index contributed by atoms with van der Waals surface area (Å²) in [5.41, 5.74) is 0.464. The highest BCUT2D eigenvalue weighted by Gasteiger charge is 2.23. The Hall–Kier alpha value is -2.12. The Morgan fingerprint density at radius 2 is 2.18 bits per heavy atom. The molecule has 0 saturated carbocycles. The largest absolute Gasteiger partial charge is 0.493 e. The van der Waals surface area contributed by atoms with Gasteiger partial charge in [0, 0.05) is 12.7 Å². The maximum Gasteiger partial charge on any atom is 0.417 e. The minimum Gasteiger partial charge on any atom is -0.493 e. The fourth-order valence-corrected chi connectivity index (χ4v) is 2.00. The molecule has 120 valence electrons. The highest BCUT2D eigenvalue weighted by molar-refractivity contribution is 6.07. The summed E-state index contributed by atoms with van der Waals surface area (Å²) in [5.74, 6) is -0.943. The normalized spacial score (nSPS) is 12.5. The molecule has 7 nitrogen and oxygen atoms in total. The van der Waals surface area contributed by atoms with Crippen LogP contribution in [0.15, 0.2) is 21.3 Å². The number of nitrogens with one attached hydrogen (secondary N) is 1. The Balaban J connectivity index is 2.40. The van der Waals surface area contributed by atoms with Gasteiger partial charge in [0.15, 0.2) is 5.58 Å². The van der Waals surface area contributed by atoms with Crippen molar-refractivity contribution < 1.29 is 23.8 Å². The summed E-state index contributed by atoms with van der Waals surface area (Å²) in [5, 5.41) is 9.70. The second-order valence-corrected chi connectivity index (χ2v) is 4.74. The zero-order valence-electron chi connectivity index (χ0n) is 12.5. The van der Waals surface area contributed by atoms with Gasteiger partial charge in [0.1, 0.15) is 5.75 Å². The number of rotatable bonds is 8. The number of aromatic amines is 1. The first-order valence-corrected chi connectivity index (χ1v) is 7.20. The second-order valence-electron chi connectivity index (χ2n) is 4.74. The van der Waals surface area contributed by atoms with E-state index in [0.717, 1.165) is 12.8 Å². The highest BCUT2D eigenvalue weighted by Crippen LogP contribution is 2.25. The Kier molecular flexibility index (Phi) is 5.35. The van der Waals surface area contributed by atoms with Crippen molar-refractivity contribution >= 4 is 16.9 Å². The molecule has 0 saturated heterocycles. The first-order valence-electron chi connectivity index (χ1n) is 7.20. The van der Waals surface area contributed by atoms with E-state index in [1.165, 1.54) is 6.07 Å². The van der Waals surface area contributed by atoms with Crippen LogP contribution in [0.4, 0.5) is 0 Å². The first kappa shape index (κ1) is 16.3. The molecule has 1 heterocycles. The Labute approximate surface area is 126 Å². The molecule has 0 radical (unpaired) electrons. The van der Waals surface area contributed by atoms with E-state index in [0.29, 0.717) is 17.9 Å². The van der Waals surface area contributed by atoms with Crippen LogP contribution in [-0.2, 0) is 4.74 Å². The molecule has 0 aliphatic carbocycles. The van der Waals surface area contributed by atoms with Crippen LogP contribution in [0.2, 0.25) is 0 Å². The number of carbonyl (C=O) groups excluding carboxylic acids is 1. The van der Waals surface area contributed by atoms with Gasteiger partial charge in [-0.2, -0.15) is 0 Å². The number of hydrogen-bond donors (Lipinski definition) is 2. The lowest BCUT2D eigenvalue weighted by atomic mass is 10.1. The fourth-order valence-electron chi connectivity index (χ4n) is 2.00. The van der Waals surface area contributed by atoms with Crippen molar-refractivity contribution in [2.45, 2.75) is 33.0 Å². The van der Waals surface area contributed by atoms with Gasteiger partial charge < -0.3 is 19.0 Å². The van der Waals surface area contributed by atoms with E-state index < -0.39 is 17.8 Å². The predicted octanol–water partition coefficient (Wildman–Crippen LogP) is 1.84. The summed E-state index contributed by atoms with van der Waals surface area (Å²) < 4.78 is 15.4. The van der Waals surface area contributed by atoms with Crippen LogP contribution in [0.3, 0.4) is 0 Å². The maximum absolute atomic E-state index is 12.2. The minimum atomic E-state index is -1.61. The number of oxazole rings is 1. The molecule has 1 unspecified atom stereocenters. The SMILES string of the molecule is CCCCOc1cc(C(=O)C(O)OCC)c2oc(=O)[nH]c2c1. The average molecular weight is 309 g/mol. The van der Waals surface area contributed by atoms with E-state index >= 15 is 0 Å². The van der Waals surface area contributed by atoms with Gasteiger partial charge in [0.2, 0.25) is 12.1 Å². The Morgan fingerprint density at radius 1 is 1.41 bits per heavy atom. The number of H-pyrrole nitrogens is 1. The quantitative estimate of drug-likeness (QED) is 0.438. The van der Waals surface area contributed by atoms with Crippen LogP contribution in [0.5, 0.6) is 5.75 Å². The van der Waals surface area contributed by atoms with Crippen LogP contribution >= 0.6 is 0 Å². The molecule has 1 atom stereocenters. The van der Waals surface area contributed by atoms with Crippen molar-refractivity contribution in [2.24, 2.45) is 0 Å². The van der Waals surface area contributed by atoms with Crippen molar-refractivity contribution in [3.05, 3.63) is 28.2 Å². The molecule has 1 aromatic carbocycles. The van der Waals surface area contributed by atoms with Crippen LogP contribution in [0, 0.1) is 0 Å². The minimum absolute atomic E-state index is 0.0447. The molecule has 2 rings (SSSR count). The number of benzene rings is 1. The molecule has 0 fully saturated rings. The molecular formula is C15H19NO6. The second kappa shape index (κ2) is 7.24. The fraction of sp³-hybridized carbons (Fsp3) is 0.467. The first-order chi connectivity index (χ1) is 10.6. The third-order valence-corrected chi connectivity index (χ3v) is 3.07. The Bertz CT molecular complexity index is 702. The highest BCUT2D eigenvalue weighted by atomic mass is 16.6. The van der Waals surface area contributed by atoms with Crippen molar-refractivity contribution in [3.63, 3.8) is 0 Å². The van der Waals surface area contributed by atoms with Crippen LogP contribution in [0.1, 0.15) is 37.0 Å². The van der Waals surface area contributed by atoms with Gasteiger partial charge >= 0.3 is 5.76 Å². The van der Waals surface area contributed by atoms with E-state index in [2.05, 4.69) is 4.98 Å². The van der Waals surface area contributed by atoms with Crippen molar-refractivity contribution in [3.8, 4) is 5.75 Å². The molecule has 2 N–H and O–H groups in total. The number of fused-ring (bicyclic) bond motifs is 1. The third-order valence-electron chi connectivity index (χ3n) is 3.07. The monoisotopic (exact) mass is 309 g/mol. The third kappa shape index (κ3) is 3.55. The van der Waals surface area contributed by atoms with Gasteiger partial charge in [-0.05, 0) is 19.4 Å². The van der Waals surface area contributed by atoms with Gasteiger partial charge in [-0.1, -0.05) is 13.3 Å². The molecule has 22 heavy (non-hydrogen) atoms. The summed E-state index contributed by atoms with van der Waals surface area (Å²) in [7, 11) is 0. The van der Waals surface area contributed by atoms with Crippen LogP contribution in [0.25, 0.3) is 11.1 Å². The van der Waals surface area contributed by atoms with Crippen LogP contribution < -0.4 is 10.5 Å². The molecule has 0 aliphatic heterocycles. The number of aromatic nitrogens is 1. The summed E-state index contributed by atoms with van der Waals surface area (Å²) >= 11 is 0.